The minimum absolute atomic E-state index is 0.0301. The van der Waals surface area contributed by atoms with E-state index in [1.807, 2.05) is 34.6 Å². The maximum atomic E-state index is 14.2. The van der Waals surface area contributed by atoms with Gasteiger partial charge in [-0.2, -0.15) is 0 Å². The van der Waals surface area contributed by atoms with Crippen molar-refractivity contribution in [1.82, 2.24) is 9.88 Å². The van der Waals surface area contributed by atoms with Crippen molar-refractivity contribution in [2.45, 2.75) is 104 Å². The van der Waals surface area contributed by atoms with Crippen LogP contribution in [0.5, 0.6) is 11.5 Å². The van der Waals surface area contributed by atoms with Crippen LogP contribution in [0.25, 0.3) is 0 Å². The Hall–Kier alpha value is -3.61. The number of carbonyl (C=O) groups is 4. The fourth-order valence-electron chi connectivity index (χ4n) is 8.03. The minimum atomic E-state index is -1.30. The van der Waals surface area contributed by atoms with Gasteiger partial charge in [0.25, 0.3) is 5.91 Å². The summed E-state index contributed by atoms with van der Waals surface area (Å²) in [5.74, 6) is -1.46. The van der Waals surface area contributed by atoms with Gasteiger partial charge in [-0.05, 0) is 70.1 Å². The van der Waals surface area contributed by atoms with Gasteiger partial charge in [0.1, 0.15) is 11.9 Å². The van der Waals surface area contributed by atoms with E-state index < -0.39 is 41.3 Å². The van der Waals surface area contributed by atoms with E-state index in [0.717, 1.165) is 0 Å². The fourth-order valence-corrected chi connectivity index (χ4v) is 8.49. The van der Waals surface area contributed by atoms with Crippen molar-refractivity contribution >= 4 is 52.6 Å². The van der Waals surface area contributed by atoms with Gasteiger partial charge < -0.3 is 33.9 Å². The van der Waals surface area contributed by atoms with Gasteiger partial charge in [-0.1, -0.05) is 57.8 Å². The zero-order chi connectivity index (χ0) is 39.2. The zero-order valence-corrected chi connectivity index (χ0v) is 33.6. The molecular formula is C39H53Cl2N3O9. The van der Waals surface area contributed by atoms with Crippen LogP contribution in [0.1, 0.15) is 90.9 Å². The number of fused-ring (bicyclic) bond motifs is 1. The number of ether oxygens (including phenoxy) is 5. The van der Waals surface area contributed by atoms with Gasteiger partial charge in [0.15, 0.2) is 17.1 Å². The third kappa shape index (κ3) is 9.56. The Labute approximate surface area is 322 Å². The smallest absolute Gasteiger partial charge is 0.410 e. The van der Waals surface area contributed by atoms with Gasteiger partial charge in [0.2, 0.25) is 0 Å². The van der Waals surface area contributed by atoms with Crippen LogP contribution >= 0.6 is 23.2 Å². The number of carbonyl (C=O) groups excluding carboxylic acids is 4. The van der Waals surface area contributed by atoms with Crippen LogP contribution in [0.15, 0.2) is 30.6 Å². The second kappa shape index (κ2) is 17.7. The normalized spacial score (nSPS) is 29.8. The zero-order valence-electron chi connectivity index (χ0n) is 32.1. The lowest BCUT2D eigenvalue weighted by atomic mass is 9.74. The summed E-state index contributed by atoms with van der Waals surface area (Å²) in [5.41, 5.74) is -1.40. The van der Waals surface area contributed by atoms with Crippen LogP contribution in [0.4, 0.5) is 10.5 Å². The van der Waals surface area contributed by atoms with E-state index in [1.54, 1.807) is 31.1 Å². The first-order valence-electron chi connectivity index (χ1n) is 18.2. The largest absolute Gasteiger partial charge is 0.493 e. The molecule has 2 fully saturated rings. The number of amides is 2. The first-order valence-corrected chi connectivity index (χ1v) is 18.9. The number of pyridine rings is 1. The predicted octanol–water partition coefficient (Wildman–Crippen LogP) is 8.02. The summed E-state index contributed by atoms with van der Waals surface area (Å²) in [6.07, 6.45) is 3.83. The molecule has 8 unspecified atom stereocenters. The number of nitrogens with zero attached hydrogens (tertiary/aromatic N) is 2. The number of rotatable bonds is 10. The molecule has 12 nitrogen and oxygen atoms in total. The summed E-state index contributed by atoms with van der Waals surface area (Å²) in [6.45, 7) is 13.6. The van der Waals surface area contributed by atoms with Gasteiger partial charge in [0.05, 0.1) is 47.0 Å². The molecule has 1 N–H and O–H groups in total. The van der Waals surface area contributed by atoms with E-state index in [-0.39, 0.29) is 64.0 Å². The number of Topliss-reactive ketones (excluding diaryl/α,β-unsaturated/α-hetero) is 1. The van der Waals surface area contributed by atoms with Crippen molar-refractivity contribution in [3.63, 3.8) is 0 Å². The van der Waals surface area contributed by atoms with E-state index in [2.05, 4.69) is 17.2 Å². The lowest BCUT2D eigenvalue weighted by Gasteiger charge is -2.41. The summed E-state index contributed by atoms with van der Waals surface area (Å²) in [4.78, 5) is 60.0. The Morgan fingerprint density at radius 1 is 1.02 bits per heavy atom. The highest BCUT2D eigenvalue weighted by Crippen LogP contribution is 2.42. The van der Waals surface area contributed by atoms with E-state index in [9.17, 15) is 19.2 Å². The van der Waals surface area contributed by atoms with E-state index in [4.69, 9.17) is 46.9 Å². The standard InChI is InChI=1S/C39H53Cl2N3O9/c1-10-31-39(7)34(25(5)33(45)24(4)19-38(6,50-9)18-22(2)16-23(3)36(47)52-31)44(37(48)53-39)14-11-15-51-30-17-26(12-13-29(30)49-8)35(46)43-32-27(40)20-42-21-28(32)41/h12-13,17,20-25,31,34H,10-11,14-16,18-19H2,1-9H3,(H,42,43,46). The Balaban J connectivity index is 1.56. The summed E-state index contributed by atoms with van der Waals surface area (Å²) >= 11 is 12.4. The van der Waals surface area contributed by atoms with Crippen molar-refractivity contribution in [3.8, 4) is 11.5 Å². The highest BCUT2D eigenvalue weighted by molar-refractivity contribution is 6.39. The van der Waals surface area contributed by atoms with Crippen LogP contribution in [0.3, 0.4) is 0 Å². The number of methoxy groups -OCH3 is 2. The molecule has 0 spiro atoms. The second-order valence-corrected chi connectivity index (χ2v) is 15.7. The van der Waals surface area contributed by atoms with Crippen LogP contribution in [-0.4, -0.2) is 84.4 Å². The van der Waals surface area contributed by atoms with Gasteiger partial charge in [-0.15, -0.1) is 0 Å². The lowest BCUT2D eigenvalue weighted by Crippen LogP contribution is -2.57. The van der Waals surface area contributed by atoms with Crippen molar-refractivity contribution < 1.29 is 42.9 Å². The Morgan fingerprint density at radius 3 is 2.32 bits per heavy atom. The highest BCUT2D eigenvalue weighted by atomic mass is 35.5. The first kappa shape index (κ1) is 42.1. The van der Waals surface area contributed by atoms with Gasteiger partial charge in [-0.3, -0.25) is 19.4 Å². The Morgan fingerprint density at radius 2 is 1.70 bits per heavy atom. The fraction of sp³-hybridized carbons (Fsp3) is 0.615. The number of nitrogens with one attached hydrogen (secondary N) is 1. The topological polar surface area (TPSA) is 143 Å². The molecule has 0 radical (unpaired) electrons. The Kier molecular flexibility index (Phi) is 14.1. The number of hydrogen-bond donors (Lipinski definition) is 1. The lowest BCUT2D eigenvalue weighted by molar-refractivity contribution is -0.170. The van der Waals surface area contributed by atoms with Crippen LogP contribution in [0.2, 0.25) is 10.0 Å². The maximum absolute atomic E-state index is 14.2. The van der Waals surface area contributed by atoms with Crippen molar-refractivity contribution in [2.24, 2.45) is 23.7 Å². The van der Waals surface area contributed by atoms with Gasteiger partial charge >= 0.3 is 12.1 Å². The van der Waals surface area contributed by atoms with E-state index in [0.29, 0.717) is 43.6 Å². The molecule has 3 heterocycles. The number of cyclic esters (lactones) is 1. The molecular weight excluding hydrogens is 725 g/mol. The molecule has 2 aromatic rings. The molecule has 2 amide bonds. The van der Waals surface area contributed by atoms with Crippen LogP contribution in [0, 0.1) is 23.7 Å². The quantitative estimate of drug-likeness (QED) is 0.186. The number of anilines is 1. The average molecular weight is 779 g/mol. The molecule has 1 aromatic heterocycles. The molecule has 2 aliphatic rings. The SMILES string of the molecule is CCC1OC(=O)C(C)CC(C)CC(C)(OC)CC(C)C(=O)C(C)C2N(CCCOc3cc(C(=O)Nc4c(Cl)cncc4Cl)ccc3OC)C(=O)OC12C. The summed E-state index contributed by atoms with van der Waals surface area (Å²) in [7, 11) is 3.14. The summed E-state index contributed by atoms with van der Waals surface area (Å²) in [5, 5.41) is 3.07. The molecule has 53 heavy (non-hydrogen) atoms. The number of halogens is 2. The number of esters is 1. The molecule has 1 aromatic carbocycles. The van der Waals surface area contributed by atoms with Crippen LogP contribution < -0.4 is 14.8 Å². The van der Waals surface area contributed by atoms with Crippen molar-refractivity contribution in [2.75, 3.05) is 32.7 Å². The summed E-state index contributed by atoms with van der Waals surface area (Å²) in [6, 6.07) is 3.98. The number of aromatic nitrogens is 1. The third-order valence-electron chi connectivity index (χ3n) is 10.6. The Bertz CT molecular complexity index is 1640. The molecule has 0 bridgehead atoms. The molecule has 2 saturated heterocycles. The average Bonchev–Trinajstić information content (AvgIpc) is 3.37. The van der Waals surface area contributed by atoms with E-state index >= 15 is 0 Å². The molecule has 4 rings (SSSR count). The van der Waals surface area contributed by atoms with Gasteiger partial charge in [-0.25, -0.2) is 4.79 Å². The number of hydrogen-bond acceptors (Lipinski definition) is 10. The summed E-state index contributed by atoms with van der Waals surface area (Å²) < 4.78 is 29.8. The monoisotopic (exact) mass is 777 g/mol. The minimum Gasteiger partial charge on any atom is -0.493 e. The molecule has 0 saturated carbocycles. The van der Waals surface area contributed by atoms with Crippen molar-refractivity contribution in [1.29, 1.82) is 0 Å². The van der Waals surface area contributed by atoms with Gasteiger partial charge in [0, 0.05) is 43.4 Å². The maximum Gasteiger partial charge on any atom is 0.410 e. The molecule has 2 aliphatic heterocycles. The second-order valence-electron chi connectivity index (χ2n) is 14.9. The number of ketones is 1. The first-order chi connectivity index (χ1) is 25.0. The molecule has 14 heteroatoms. The third-order valence-corrected chi connectivity index (χ3v) is 11.2. The number of benzene rings is 1. The molecule has 292 valence electrons. The highest BCUT2D eigenvalue weighted by Gasteiger charge is 2.59. The molecule has 0 aliphatic carbocycles. The van der Waals surface area contributed by atoms with Crippen molar-refractivity contribution in [3.05, 3.63) is 46.2 Å². The van der Waals surface area contributed by atoms with E-state index in [1.165, 1.54) is 25.6 Å². The predicted molar refractivity (Wildman–Crippen MR) is 202 cm³/mol. The molecule has 8 atom stereocenters. The van der Waals surface area contributed by atoms with Crippen LogP contribution in [-0.2, 0) is 23.8 Å².